The van der Waals surface area contributed by atoms with Gasteiger partial charge in [0, 0.05) is 21.8 Å². The first-order chi connectivity index (χ1) is 10.6. The summed E-state index contributed by atoms with van der Waals surface area (Å²) in [6.07, 6.45) is 0. The maximum absolute atomic E-state index is 12.1. The number of halogens is 1. The van der Waals surface area contributed by atoms with E-state index in [1.54, 1.807) is 12.1 Å². The first kappa shape index (κ1) is 14.8. The number of hydrogen-bond acceptors (Lipinski definition) is 6. The van der Waals surface area contributed by atoms with Crippen LogP contribution in [0.1, 0.15) is 10.4 Å². The number of carbonyl (C=O) groups is 1. The predicted molar refractivity (Wildman–Crippen MR) is 85.7 cm³/mol. The molecule has 3 aromatic rings. The second-order valence-corrected chi connectivity index (χ2v) is 6.13. The fourth-order valence-corrected chi connectivity index (χ4v) is 2.65. The molecule has 0 unspecified atom stereocenters. The Hall–Kier alpha value is -2.12. The summed E-state index contributed by atoms with van der Waals surface area (Å²) in [6.45, 7) is 0. The van der Waals surface area contributed by atoms with Gasteiger partial charge in [-0.3, -0.25) is 4.79 Å². The number of para-hydroxylation sites is 1. The van der Waals surface area contributed by atoms with E-state index in [-0.39, 0.29) is 21.7 Å². The van der Waals surface area contributed by atoms with E-state index in [4.69, 9.17) is 4.42 Å². The minimum atomic E-state index is -0.357. The van der Waals surface area contributed by atoms with Gasteiger partial charge in [0.15, 0.2) is 0 Å². The number of benzene rings is 2. The van der Waals surface area contributed by atoms with Gasteiger partial charge in [-0.2, -0.15) is 0 Å². The van der Waals surface area contributed by atoms with E-state index in [9.17, 15) is 9.90 Å². The maximum Gasteiger partial charge on any atom is 0.284 e. The van der Waals surface area contributed by atoms with Crippen LogP contribution in [-0.4, -0.2) is 20.4 Å². The van der Waals surface area contributed by atoms with Gasteiger partial charge >= 0.3 is 0 Å². The van der Waals surface area contributed by atoms with Gasteiger partial charge < -0.3 is 9.52 Å². The van der Waals surface area contributed by atoms with Crippen LogP contribution in [0.3, 0.4) is 0 Å². The van der Waals surface area contributed by atoms with Crippen LogP contribution in [-0.2, 0) is 0 Å². The van der Waals surface area contributed by atoms with E-state index < -0.39 is 0 Å². The van der Waals surface area contributed by atoms with Crippen molar-refractivity contribution in [3.63, 3.8) is 0 Å². The van der Waals surface area contributed by atoms with Crippen LogP contribution < -0.4 is 0 Å². The van der Waals surface area contributed by atoms with Crippen molar-refractivity contribution < 1.29 is 14.3 Å². The van der Waals surface area contributed by atoms with Gasteiger partial charge in [-0.05, 0) is 36.4 Å². The number of carbonyl (C=O) groups excluding carboxylic acids is 1. The number of thioether (sulfide) groups is 1. The Bertz CT molecular complexity index is 818. The SMILES string of the molecule is O=C(Sc1nnc(-c2ccc(Br)cc2)o1)c1ccccc1O. The Labute approximate surface area is 138 Å². The third kappa shape index (κ3) is 3.20. The fraction of sp³-hybridized carbons (Fsp3) is 0. The molecule has 110 valence electrons. The molecule has 5 nitrogen and oxygen atoms in total. The van der Waals surface area contributed by atoms with Crippen molar-refractivity contribution in [3.05, 3.63) is 58.6 Å². The molecular weight excluding hydrogens is 368 g/mol. The zero-order valence-electron chi connectivity index (χ0n) is 11.1. The van der Waals surface area contributed by atoms with Crippen LogP contribution in [0.15, 0.2) is 62.6 Å². The third-order valence-corrected chi connectivity index (χ3v) is 4.08. The molecule has 3 rings (SSSR count). The fourth-order valence-electron chi connectivity index (χ4n) is 1.74. The van der Waals surface area contributed by atoms with Gasteiger partial charge in [0.2, 0.25) is 11.0 Å². The molecule has 0 atom stereocenters. The van der Waals surface area contributed by atoms with Crippen LogP contribution in [0.5, 0.6) is 5.75 Å². The number of aromatic nitrogens is 2. The number of phenols is 1. The molecule has 1 aromatic heterocycles. The lowest BCUT2D eigenvalue weighted by Crippen LogP contribution is -1.93. The molecule has 0 spiro atoms. The van der Waals surface area contributed by atoms with Gasteiger partial charge in [-0.1, -0.05) is 28.1 Å². The van der Waals surface area contributed by atoms with Crippen LogP contribution in [0.25, 0.3) is 11.5 Å². The molecule has 0 bridgehead atoms. The van der Waals surface area contributed by atoms with Crippen molar-refractivity contribution in [3.8, 4) is 17.2 Å². The topological polar surface area (TPSA) is 76.2 Å². The second kappa shape index (κ2) is 6.33. The first-order valence-corrected chi connectivity index (χ1v) is 7.84. The highest BCUT2D eigenvalue weighted by Crippen LogP contribution is 2.29. The van der Waals surface area contributed by atoms with Gasteiger partial charge in [-0.25, -0.2) is 0 Å². The maximum atomic E-state index is 12.1. The Kier molecular flexibility index (Phi) is 4.26. The first-order valence-electron chi connectivity index (χ1n) is 6.23. The lowest BCUT2D eigenvalue weighted by Gasteiger charge is -1.99. The predicted octanol–water partition coefficient (Wildman–Crippen LogP) is 4.14. The van der Waals surface area contributed by atoms with E-state index in [1.165, 1.54) is 12.1 Å². The standard InChI is InChI=1S/C15H9BrN2O3S/c16-10-7-5-9(6-8-10)13-17-18-15(21-13)22-14(20)11-3-1-2-4-12(11)19/h1-8,19H. The van der Waals surface area contributed by atoms with E-state index in [2.05, 4.69) is 26.1 Å². The number of aromatic hydroxyl groups is 1. The zero-order valence-corrected chi connectivity index (χ0v) is 13.5. The Morgan fingerprint density at radius 1 is 1.09 bits per heavy atom. The van der Waals surface area contributed by atoms with Crippen LogP contribution >= 0.6 is 27.7 Å². The highest BCUT2D eigenvalue weighted by molar-refractivity contribution is 9.10. The summed E-state index contributed by atoms with van der Waals surface area (Å²) in [5.41, 5.74) is 0.966. The molecule has 0 saturated carbocycles. The van der Waals surface area contributed by atoms with E-state index in [0.29, 0.717) is 5.89 Å². The van der Waals surface area contributed by atoms with E-state index in [1.807, 2.05) is 24.3 Å². The molecule has 0 aliphatic rings. The van der Waals surface area contributed by atoms with E-state index >= 15 is 0 Å². The minimum absolute atomic E-state index is 0.0763. The molecule has 2 aromatic carbocycles. The molecule has 0 fully saturated rings. The average Bonchev–Trinajstić information content (AvgIpc) is 2.97. The monoisotopic (exact) mass is 376 g/mol. The van der Waals surface area contributed by atoms with Gasteiger partial charge in [0.25, 0.3) is 5.22 Å². The van der Waals surface area contributed by atoms with Crippen LogP contribution in [0.2, 0.25) is 0 Å². The lowest BCUT2D eigenvalue weighted by molar-refractivity contribution is 0.108. The molecule has 0 saturated heterocycles. The van der Waals surface area contributed by atoms with Gasteiger partial charge in [0.05, 0.1) is 5.56 Å². The summed E-state index contributed by atoms with van der Waals surface area (Å²) in [5.74, 6) is 0.257. The highest BCUT2D eigenvalue weighted by atomic mass is 79.9. The van der Waals surface area contributed by atoms with Gasteiger partial charge in [0.1, 0.15) is 5.75 Å². The summed E-state index contributed by atoms with van der Waals surface area (Å²) < 4.78 is 6.41. The Morgan fingerprint density at radius 3 is 2.55 bits per heavy atom. The molecule has 0 aliphatic heterocycles. The smallest absolute Gasteiger partial charge is 0.284 e. The number of nitrogens with zero attached hydrogens (tertiary/aromatic N) is 2. The van der Waals surface area contributed by atoms with Crippen LogP contribution in [0.4, 0.5) is 0 Å². The molecule has 0 radical (unpaired) electrons. The zero-order chi connectivity index (χ0) is 15.5. The van der Waals surface area contributed by atoms with Crippen molar-refractivity contribution in [1.29, 1.82) is 0 Å². The number of phenolic OH excluding ortho intramolecular Hbond substituents is 1. The molecule has 22 heavy (non-hydrogen) atoms. The Balaban J connectivity index is 1.78. The molecule has 0 aliphatic carbocycles. The van der Waals surface area contributed by atoms with Crippen molar-refractivity contribution in [1.82, 2.24) is 10.2 Å². The van der Waals surface area contributed by atoms with Crippen molar-refractivity contribution >= 4 is 32.8 Å². The summed E-state index contributed by atoms with van der Waals surface area (Å²) in [7, 11) is 0. The van der Waals surface area contributed by atoms with E-state index in [0.717, 1.165) is 21.8 Å². The molecule has 1 heterocycles. The molecular formula is C15H9BrN2O3S. The lowest BCUT2D eigenvalue weighted by atomic mass is 10.2. The summed E-state index contributed by atoms with van der Waals surface area (Å²) in [4.78, 5) is 12.1. The highest BCUT2D eigenvalue weighted by Gasteiger charge is 2.17. The summed E-state index contributed by atoms with van der Waals surface area (Å²) >= 11 is 4.13. The quantitative estimate of drug-likeness (QED) is 0.692. The number of hydrogen-bond donors (Lipinski definition) is 1. The second-order valence-electron chi connectivity index (χ2n) is 4.29. The summed E-state index contributed by atoms with van der Waals surface area (Å²) in [5, 5.41) is 17.2. The van der Waals surface area contributed by atoms with Crippen LogP contribution in [0, 0.1) is 0 Å². The summed E-state index contributed by atoms with van der Waals surface area (Å²) in [6, 6.07) is 13.7. The normalized spacial score (nSPS) is 10.6. The average molecular weight is 377 g/mol. The third-order valence-electron chi connectivity index (χ3n) is 2.80. The number of rotatable bonds is 3. The molecule has 7 heteroatoms. The minimum Gasteiger partial charge on any atom is -0.507 e. The molecule has 0 amide bonds. The van der Waals surface area contributed by atoms with Crippen molar-refractivity contribution in [2.45, 2.75) is 5.22 Å². The van der Waals surface area contributed by atoms with Crippen molar-refractivity contribution in [2.24, 2.45) is 0 Å². The van der Waals surface area contributed by atoms with Crippen molar-refractivity contribution in [2.75, 3.05) is 0 Å². The van der Waals surface area contributed by atoms with Gasteiger partial charge in [-0.15, -0.1) is 10.2 Å². The molecule has 1 N–H and O–H groups in total. The Morgan fingerprint density at radius 2 is 1.82 bits per heavy atom. The largest absolute Gasteiger partial charge is 0.507 e.